The van der Waals surface area contributed by atoms with Crippen molar-refractivity contribution in [3.05, 3.63) is 59.1 Å². The van der Waals surface area contributed by atoms with Crippen LogP contribution in [0.25, 0.3) is 11.0 Å². The largest absolute Gasteiger partial charge is 0.588 e. The van der Waals surface area contributed by atoms with Crippen molar-refractivity contribution in [3.8, 4) is 5.75 Å². The number of amides is 1. The lowest BCUT2D eigenvalue weighted by atomic mass is 9.87. The highest BCUT2D eigenvalue weighted by Crippen LogP contribution is 2.42. The number of alkyl halides is 3. The highest BCUT2D eigenvalue weighted by Gasteiger charge is 2.32. The second-order valence-electron chi connectivity index (χ2n) is 9.31. The van der Waals surface area contributed by atoms with Gasteiger partial charge < -0.3 is 13.7 Å². The lowest BCUT2D eigenvalue weighted by Gasteiger charge is -2.21. The van der Waals surface area contributed by atoms with Crippen molar-refractivity contribution in [3.63, 3.8) is 0 Å². The Morgan fingerprint density at radius 3 is 2.50 bits per heavy atom. The maximum absolute atomic E-state index is 14.5. The number of hydrogen-bond acceptors (Lipinski definition) is 4. The topological polar surface area (TPSA) is 74.5 Å². The van der Waals surface area contributed by atoms with Crippen LogP contribution in [0.1, 0.15) is 61.2 Å². The second-order valence-corrected chi connectivity index (χ2v) is 10.5. The molecule has 1 unspecified atom stereocenters. The maximum atomic E-state index is 14.5. The van der Waals surface area contributed by atoms with E-state index in [-0.39, 0.29) is 33.3 Å². The number of carbonyl (C=O) groups excluding carboxylic acids is 1. The average Bonchev–Trinajstić information content (AvgIpc) is 3.49. The molecule has 1 aliphatic carbocycles. The molecular weight excluding hydrogens is 474 g/mol. The molecule has 3 aromatic rings. The van der Waals surface area contributed by atoms with E-state index >= 15 is 0 Å². The molecule has 1 heterocycles. The first kappa shape index (κ1) is 24.4. The number of rotatable bonds is 6. The minimum atomic E-state index is -4.59. The van der Waals surface area contributed by atoms with Crippen LogP contribution in [-0.4, -0.2) is 23.2 Å². The van der Waals surface area contributed by atoms with Gasteiger partial charge in [-0.05, 0) is 53.5 Å². The van der Waals surface area contributed by atoms with Crippen LogP contribution in [-0.2, 0) is 16.8 Å². The van der Waals surface area contributed by atoms with E-state index in [0.29, 0.717) is 5.56 Å². The van der Waals surface area contributed by atoms with Crippen molar-refractivity contribution in [1.29, 1.82) is 0 Å². The zero-order chi connectivity index (χ0) is 24.8. The van der Waals surface area contributed by atoms with Gasteiger partial charge in [0.25, 0.3) is 0 Å². The Balaban J connectivity index is 1.60. The summed E-state index contributed by atoms with van der Waals surface area (Å²) >= 11 is -2.27. The number of carbonyl (C=O) groups is 1. The fraction of sp³-hybridized carbons (Fsp3) is 0.375. The van der Waals surface area contributed by atoms with Crippen LogP contribution < -0.4 is 9.46 Å². The number of ether oxygens (including phenoxy) is 1. The molecule has 0 radical (unpaired) electrons. The first-order valence-corrected chi connectivity index (χ1v) is 11.8. The molecule has 0 spiro atoms. The van der Waals surface area contributed by atoms with E-state index in [9.17, 15) is 26.9 Å². The number of fused-ring (bicyclic) bond motifs is 1. The van der Waals surface area contributed by atoms with E-state index in [1.54, 1.807) is 12.1 Å². The van der Waals surface area contributed by atoms with Gasteiger partial charge in [-0.3, -0.25) is 4.79 Å². The summed E-state index contributed by atoms with van der Waals surface area (Å²) < 4.78 is 78.0. The lowest BCUT2D eigenvalue weighted by Crippen LogP contribution is -2.31. The van der Waals surface area contributed by atoms with Gasteiger partial charge in [-0.1, -0.05) is 26.8 Å². The van der Waals surface area contributed by atoms with Crippen LogP contribution in [0.2, 0.25) is 0 Å². The van der Waals surface area contributed by atoms with E-state index in [2.05, 4.69) is 4.72 Å². The zero-order valence-electron chi connectivity index (χ0n) is 18.7. The minimum Gasteiger partial charge on any atom is -0.588 e. The molecule has 0 saturated heterocycles. The first-order valence-electron chi connectivity index (χ1n) is 10.6. The van der Waals surface area contributed by atoms with Crippen molar-refractivity contribution in [2.24, 2.45) is 0 Å². The summed E-state index contributed by atoms with van der Waals surface area (Å²) in [5.41, 5.74) is 1.27. The Bertz CT molecular complexity index is 1230. The molecule has 1 amide bonds. The number of halogens is 4. The van der Waals surface area contributed by atoms with Gasteiger partial charge in [0.05, 0.1) is 5.39 Å². The molecule has 34 heavy (non-hydrogen) atoms. The molecule has 1 aromatic heterocycles. The Hall–Kier alpha value is -2.72. The molecule has 1 saturated carbocycles. The van der Waals surface area contributed by atoms with E-state index in [0.717, 1.165) is 18.4 Å². The van der Waals surface area contributed by atoms with Crippen molar-refractivity contribution in [2.45, 2.75) is 56.0 Å². The molecule has 182 valence electrons. The van der Waals surface area contributed by atoms with Gasteiger partial charge in [0, 0.05) is 12.1 Å². The van der Waals surface area contributed by atoms with Crippen molar-refractivity contribution >= 4 is 28.2 Å². The van der Waals surface area contributed by atoms with Gasteiger partial charge in [0.15, 0.2) is 18.1 Å². The van der Waals surface area contributed by atoms with Gasteiger partial charge in [0.2, 0.25) is 4.90 Å². The van der Waals surface area contributed by atoms with Gasteiger partial charge in [0.1, 0.15) is 22.8 Å². The molecule has 0 bridgehead atoms. The fourth-order valence-electron chi connectivity index (χ4n) is 3.47. The monoisotopic (exact) mass is 497 g/mol. The number of nitrogens with one attached hydrogen (secondary N) is 1. The summed E-state index contributed by atoms with van der Waals surface area (Å²) in [4.78, 5) is 12.6. The Morgan fingerprint density at radius 2 is 1.88 bits per heavy atom. The molecular formula is C24H23F4NO4S. The van der Waals surface area contributed by atoms with Crippen LogP contribution in [0.5, 0.6) is 5.75 Å². The molecule has 4 rings (SSSR count). The van der Waals surface area contributed by atoms with Crippen molar-refractivity contribution in [2.75, 3.05) is 6.61 Å². The molecule has 1 aliphatic rings. The molecule has 1 fully saturated rings. The van der Waals surface area contributed by atoms with Gasteiger partial charge in [-0.2, -0.15) is 17.9 Å². The third-order valence-electron chi connectivity index (χ3n) is 5.47. The summed E-state index contributed by atoms with van der Waals surface area (Å²) in [5.74, 6) is -1.68. The van der Waals surface area contributed by atoms with E-state index < -0.39 is 41.3 Å². The Labute approximate surface area is 196 Å². The van der Waals surface area contributed by atoms with Gasteiger partial charge >= 0.3 is 12.1 Å². The van der Waals surface area contributed by atoms with Gasteiger partial charge in [-0.15, -0.1) is 0 Å². The van der Waals surface area contributed by atoms with Crippen molar-refractivity contribution < 1.29 is 36.1 Å². The summed E-state index contributed by atoms with van der Waals surface area (Å²) in [6, 6.07) is 8.61. The van der Waals surface area contributed by atoms with Gasteiger partial charge in [-0.25, -0.2) is 4.39 Å². The van der Waals surface area contributed by atoms with Crippen LogP contribution in [0.15, 0.2) is 45.7 Å². The van der Waals surface area contributed by atoms with Crippen LogP contribution >= 0.6 is 0 Å². The molecule has 0 aliphatic heterocycles. The number of benzene rings is 2. The fourth-order valence-corrected chi connectivity index (χ4v) is 4.39. The molecule has 5 nitrogen and oxygen atoms in total. The molecule has 10 heteroatoms. The number of hydrogen-bond donors (Lipinski definition) is 1. The summed E-state index contributed by atoms with van der Waals surface area (Å²) in [7, 11) is 0. The first-order chi connectivity index (χ1) is 15.8. The van der Waals surface area contributed by atoms with Crippen molar-refractivity contribution in [1.82, 2.24) is 4.72 Å². The lowest BCUT2D eigenvalue weighted by molar-refractivity contribution is -0.153. The molecule has 1 N–H and O–H groups in total. The van der Waals surface area contributed by atoms with E-state index in [4.69, 9.17) is 9.15 Å². The normalized spacial score (nSPS) is 15.4. The van der Waals surface area contributed by atoms with Crippen LogP contribution in [0.3, 0.4) is 0 Å². The molecule has 2 aromatic carbocycles. The Kier molecular flexibility index (Phi) is 6.32. The van der Waals surface area contributed by atoms with Crippen LogP contribution in [0.4, 0.5) is 17.6 Å². The van der Waals surface area contributed by atoms with E-state index in [1.165, 1.54) is 24.3 Å². The maximum Gasteiger partial charge on any atom is 0.422 e. The highest BCUT2D eigenvalue weighted by atomic mass is 32.2. The summed E-state index contributed by atoms with van der Waals surface area (Å²) in [6.07, 6.45) is -2.67. The smallest absolute Gasteiger partial charge is 0.422 e. The van der Waals surface area contributed by atoms with E-state index in [1.807, 2.05) is 20.8 Å². The third-order valence-corrected chi connectivity index (χ3v) is 6.56. The van der Waals surface area contributed by atoms with Crippen LogP contribution in [0, 0.1) is 5.82 Å². The Morgan fingerprint density at radius 1 is 1.18 bits per heavy atom. The predicted molar refractivity (Wildman–Crippen MR) is 119 cm³/mol. The SMILES string of the molecule is CC(C)(C)c1ccc(OCC(F)(F)F)c([S+]([O-])NC(=O)c2cc3c(F)cc(C4CC4)cc3o2)c1. The standard InChI is InChI=1S/C24H23F4NO4S/c1-23(2,3)15-6-7-18(32-12-24(26,27)28)21(10-15)34(31)29-22(30)20-11-16-17(25)8-14(13-4-5-13)9-19(16)33-20/h6-11,13H,4-5,12H2,1-3H3,(H,29,30). The third kappa shape index (κ3) is 5.50. The predicted octanol–water partition coefficient (Wildman–Crippen LogP) is 6.14. The quantitative estimate of drug-likeness (QED) is 0.328. The number of furan rings is 1. The summed E-state index contributed by atoms with van der Waals surface area (Å²) in [6.45, 7) is 4.06. The summed E-state index contributed by atoms with van der Waals surface area (Å²) in [5, 5.41) is 0.115. The average molecular weight is 498 g/mol. The molecule has 1 atom stereocenters. The second kappa shape index (κ2) is 8.81. The highest BCUT2D eigenvalue weighted by molar-refractivity contribution is 7.90. The zero-order valence-corrected chi connectivity index (χ0v) is 19.5. The minimum absolute atomic E-state index is 0.115.